The standard InChI is InChI=1S/C15H27N5O/c1-4-9-21-15-19-13(16-3)18-14(20-15)17-12-8-6-7-11(5-2)10-12/h11-12H,4-10H2,1-3H3,(H2,16,17,18,19,20). The highest BCUT2D eigenvalue weighted by molar-refractivity contribution is 5.36. The topological polar surface area (TPSA) is 72.0 Å². The summed E-state index contributed by atoms with van der Waals surface area (Å²) in [5, 5.41) is 6.41. The first-order valence-corrected chi connectivity index (χ1v) is 8.08. The van der Waals surface area contributed by atoms with Crippen LogP contribution in [0.3, 0.4) is 0 Å². The fraction of sp³-hybridized carbons (Fsp3) is 0.800. The molecule has 21 heavy (non-hydrogen) atoms. The first-order chi connectivity index (χ1) is 10.2. The number of nitrogens with zero attached hydrogens (tertiary/aromatic N) is 3. The molecule has 0 amide bonds. The van der Waals surface area contributed by atoms with Gasteiger partial charge in [-0.25, -0.2) is 0 Å². The SMILES string of the molecule is CCCOc1nc(NC)nc(NC2CCCC(CC)C2)n1. The summed E-state index contributed by atoms with van der Waals surface area (Å²) >= 11 is 0. The number of hydrogen-bond acceptors (Lipinski definition) is 6. The van der Waals surface area contributed by atoms with Gasteiger partial charge in [-0.05, 0) is 25.2 Å². The fourth-order valence-corrected chi connectivity index (χ4v) is 2.77. The van der Waals surface area contributed by atoms with Gasteiger partial charge in [0.25, 0.3) is 0 Å². The van der Waals surface area contributed by atoms with Gasteiger partial charge in [-0.3, -0.25) is 0 Å². The van der Waals surface area contributed by atoms with Gasteiger partial charge in [0.05, 0.1) is 6.61 Å². The van der Waals surface area contributed by atoms with Crippen molar-refractivity contribution in [1.29, 1.82) is 0 Å². The second-order valence-electron chi connectivity index (χ2n) is 5.65. The van der Waals surface area contributed by atoms with Crippen molar-refractivity contribution in [2.45, 2.75) is 58.4 Å². The maximum absolute atomic E-state index is 5.53. The smallest absolute Gasteiger partial charge is 0.323 e. The number of nitrogens with one attached hydrogen (secondary N) is 2. The lowest BCUT2D eigenvalue weighted by atomic mass is 9.84. The Kier molecular flexibility index (Phi) is 6.02. The molecular formula is C15H27N5O. The van der Waals surface area contributed by atoms with E-state index in [0.29, 0.717) is 30.6 Å². The lowest BCUT2D eigenvalue weighted by Gasteiger charge is -2.29. The molecule has 0 aliphatic heterocycles. The molecule has 0 bridgehead atoms. The molecule has 2 N–H and O–H groups in total. The molecule has 1 aromatic heterocycles. The van der Waals surface area contributed by atoms with Crippen LogP contribution >= 0.6 is 0 Å². The molecule has 6 heteroatoms. The van der Waals surface area contributed by atoms with Crippen molar-refractivity contribution in [3.8, 4) is 6.01 Å². The Morgan fingerprint density at radius 3 is 2.67 bits per heavy atom. The molecule has 1 aliphatic carbocycles. The lowest BCUT2D eigenvalue weighted by Crippen LogP contribution is -2.28. The normalized spacial score (nSPS) is 21.9. The third kappa shape index (κ3) is 4.72. The van der Waals surface area contributed by atoms with Crippen molar-refractivity contribution in [3.05, 3.63) is 0 Å². The van der Waals surface area contributed by atoms with E-state index in [4.69, 9.17) is 4.74 Å². The van der Waals surface area contributed by atoms with Gasteiger partial charge in [0.15, 0.2) is 0 Å². The average Bonchev–Trinajstić information content (AvgIpc) is 2.52. The van der Waals surface area contributed by atoms with Crippen molar-refractivity contribution in [3.63, 3.8) is 0 Å². The van der Waals surface area contributed by atoms with Gasteiger partial charge in [-0.15, -0.1) is 0 Å². The van der Waals surface area contributed by atoms with Crippen molar-refractivity contribution in [2.75, 3.05) is 24.3 Å². The number of aromatic nitrogens is 3. The van der Waals surface area contributed by atoms with Crippen LogP contribution in [-0.4, -0.2) is 34.6 Å². The summed E-state index contributed by atoms with van der Waals surface area (Å²) in [6, 6.07) is 0.844. The van der Waals surface area contributed by atoms with Crippen molar-refractivity contribution < 1.29 is 4.74 Å². The summed E-state index contributed by atoms with van der Waals surface area (Å²) < 4.78 is 5.53. The van der Waals surface area contributed by atoms with Gasteiger partial charge in [0, 0.05) is 13.1 Å². The Bertz CT molecular complexity index is 440. The zero-order valence-electron chi connectivity index (χ0n) is 13.4. The fourth-order valence-electron chi connectivity index (χ4n) is 2.77. The van der Waals surface area contributed by atoms with Gasteiger partial charge >= 0.3 is 6.01 Å². The molecule has 1 aromatic rings. The van der Waals surface area contributed by atoms with Crippen LogP contribution in [0.2, 0.25) is 0 Å². The molecular weight excluding hydrogens is 266 g/mol. The zero-order chi connectivity index (χ0) is 15.1. The molecule has 2 unspecified atom stereocenters. The first-order valence-electron chi connectivity index (χ1n) is 8.08. The van der Waals surface area contributed by atoms with E-state index in [0.717, 1.165) is 12.3 Å². The third-order valence-electron chi connectivity index (χ3n) is 3.97. The minimum atomic E-state index is 0.390. The van der Waals surface area contributed by atoms with Crippen LogP contribution in [0.15, 0.2) is 0 Å². The van der Waals surface area contributed by atoms with E-state index in [2.05, 4.69) is 39.4 Å². The molecule has 2 rings (SSSR count). The van der Waals surface area contributed by atoms with Crippen LogP contribution in [0.5, 0.6) is 6.01 Å². The Morgan fingerprint density at radius 1 is 1.14 bits per heavy atom. The van der Waals surface area contributed by atoms with Crippen LogP contribution in [0.1, 0.15) is 52.4 Å². The predicted molar refractivity (Wildman–Crippen MR) is 84.8 cm³/mol. The van der Waals surface area contributed by atoms with E-state index in [-0.39, 0.29) is 0 Å². The molecule has 1 aliphatic rings. The lowest BCUT2D eigenvalue weighted by molar-refractivity contribution is 0.291. The second kappa shape index (κ2) is 8.00. The molecule has 0 radical (unpaired) electrons. The van der Waals surface area contributed by atoms with E-state index in [1.165, 1.54) is 32.1 Å². The van der Waals surface area contributed by atoms with E-state index < -0.39 is 0 Å². The Labute approximate surface area is 127 Å². The van der Waals surface area contributed by atoms with Crippen molar-refractivity contribution in [1.82, 2.24) is 15.0 Å². The number of rotatable bonds is 7. The molecule has 6 nitrogen and oxygen atoms in total. The third-order valence-corrected chi connectivity index (χ3v) is 3.97. The first kappa shape index (κ1) is 15.8. The predicted octanol–water partition coefficient (Wildman–Crippen LogP) is 3.08. The summed E-state index contributed by atoms with van der Waals surface area (Å²) in [5.74, 6) is 1.97. The van der Waals surface area contributed by atoms with E-state index in [1.54, 1.807) is 7.05 Å². The van der Waals surface area contributed by atoms with Gasteiger partial charge < -0.3 is 15.4 Å². The molecule has 1 fully saturated rings. The monoisotopic (exact) mass is 293 g/mol. The maximum atomic E-state index is 5.53. The number of hydrogen-bond donors (Lipinski definition) is 2. The van der Waals surface area contributed by atoms with Crippen LogP contribution in [-0.2, 0) is 0 Å². The Morgan fingerprint density at radius 2 is 1.95 bits per heavy atom. The summed E-state index contributed by atoms with van der Waals surface area (Å²) in [7, 11) is 1.80. The average molecular weight is 293 g/mol. The number of anilines is 2. The summed E-state index contributed by atoms with van der Waals surface area (Å²) in [6.07, 6.45) is 7.19. The summed E-state index contributed by atoms with van der Waals surface area (Å²) in [5.41, 5.74) is 0. The van der Waals surface area contributed by atoms with E-state index in [9.17, 15) is 0 Å². The zero-order valence-corrected chi connectivity index (χ0v) is 13.4. The Balaban J connectivity index is 2.03. The highest BCUT2D eigenvalue weighted by Gasteiger charge is 2.21. The molecule has 1 heterocycles. The van der Waals surface area contributed by atoms with Crippen molar-refractivity contribution in [2.24, 2.45) is 5.92 Å². The van der Waals surface area contributed by atoms with Gasteiger partial charge in [-0.1, -0.05) is 33.1 Å². The minimum Gasteiger partial charge on any atom is -0.463 e. The van der Waals surface area contributed by atoms with Crippen LogP contribution in [0, 0.1) is 5.92 Å². The highest BCUT2D eigenvalue weighted by Crippen LogP contribution is 2.28. The molecule has 0 spiro atoms. The molecule has 1 saturated carbocycles. The maximum Gasteiger partial charge on any atom is 0.323 e. The van der Waals surface area contributed by atoms with Gasteiger partial charge in [0.2, 0.25) is 11.9 Å². The molecule has 2 atom stereocenters. The van der Waals surface area contributed by atoms with E-state index in [1.807, 2.05) is 0 Å². The minimum absolute atomic E-state index is 0.390. The highest BCUT2D eigenvalue weighted by atomic mass is 16.5. The molecule has 0 aromatic carbocycles. The summed E-state index contributed by atoms with van der Waals surface area (Å²) in [6.45, 7) is 4.95. The number of ether oxygens (including phenoxy) is 1. The molecule has 0 saturated heterocycles. The second-order valence-corrected chi connectivity index (χ2v) is 5.65. The summed E-state index contributed by atoms with van der Waals surface area (Å²) in [4.78, 5) is 13.0. The molecule has 118 valence electrons. The van der Waals surface area contributed by atoms with Crippen molar-refractivity contribution >= 4 is 11.9 Å². The van der Waals surface area contributed by atoms with Gasteiger partial charge in [-0.2, -0.15) is 15.0 Å². The quantitative estimate of drug-likeness (QED) is 0.805. The van der Waals surface area contributed by atoms with Gasteiger partial charge in [0.1, 0.15) is 0 Å². The Hall–Kier alpha value is -1.59. The van der Waals surface area contributed by atoms with Crippen LogP contribution in [0.4, 0.5) is 11.9 Å². The largest absolute Gasteiger partial charge is 0.463 e. The van der Waals surface area contributed by atoms with Crippen LogP contribution < -0.4 is 15.4 Å². The van der Waals surface area contributed by atoms with E-state index >= 15 is 0 Å². The van der Waals surface area contributed by atoms with Crippen LogP contribution in [0.25, 0.3) is 0 Å².